The number of anilines is 1. The normalized spacial score (nSPS) is 16.6. The van der Waals surface area contributed by atoms with Crippen LogP contribution in [0.5, 0.6) is 0 Å². The van der Waals surface area contributed by atoms with Gasteiger partial charge in [-0.1, -0.05) is 72.8 Å². The maximum absolute atomic E-state index is 13.8. The predicted molar refractivity (Wildman–Crippen MR) is 191 cm³/mol. The largest absolute Gasteiger partial charge is 0.459 e. The van der Waals surface area contributed by atoms with Gasteiger partial charge in [0.15, 0.2) is 5.76 Å². The van der Waals surface area contributed by atoms with Crippen LogP contribution < -0.4 is 5.32 Å². The molecule has 6 nitrogen and oxygen atoms in total. The summed E-state index contributed by atoms with van der Waals surface area (Å²) in [7, 11) is 0. The Morgan fingerprint density at radius 2 is 1.73 bits per heavy atom. The number of aryl methyl sites for hydroxylation is 1. The van der Waals surface area contributed by atoms with Crippen molar-refractivity contribution in [3.63, 3.8) is 0 Å². The van der Waals surface area contributed by atoms with Crippen molar-refractivity contribution in [1.29, 1.82) is 0 Å². The Bertz CT molecular complexity index is 2170. The summed E-state index contributed by atoms with van der Waals surface area (Å²) in [6.07, 6.45) is 2.76. The van der Waals surface area contributed by atoms with E-state index in [0.29, 0.717) is 18.7 Å². The summed E-state index contributed by atoms with van der Waals surface area (Å²) in [5, 5.41) is 13.4. The van der Waals surface area contributed by atoms with E-state index >= 15 is 0 Å². The van der Waals surface area contributed by atoms with Crippen molar-refractivity contribution in [3.8, 4) is 21.7 Å². The Labute approximate surface area is 283 Å². The molecule has 1 amide bonds. The molecule has 0 bridgehead atoms. The van der Waals surface area contributed by atoms with E-state index in [0.717, 1.165) is 38.3 Å². The van der Waals surface area contributed by atoms with Crippen LogP contribution >= 0.6 is 11.3 Å². The quantitative estimate of drug-likeness (QED) is 0.172. The zero-order chi connectivity index (χ0) is 32.6. The summed E-state index contributed by atoms with van der Waals surface area (Å²) in [5.41, 5.74) is 12.0. The van der Waals surface area contributed by atoms with Gasteiger partial charge in [0.25, 0.3) is 5.91 Å². The number of fused-ring (bicyclic) bond motifs is 4. The van der Waals surface area contributed by atoms with Gasteiger partial charge < -0.3 is 19.9 Å². The molecule has 2 heterocycles. The van der Waals surface area contributed by atoms with Gasteiger partial charge in [-0.05, 0) is 100 Å². The van der Waals surface area contributed by atoms with Crippen molar-refractivity contribution >= 4 is 33.1 Å². The highest BCUT2D eigenvalue weighted by molar-refractivity contribution is 7.21. The van der Waals surface area contributed by atoms with Crippen LogP contribution in [0.3, 0.4) is 0 Å². The number of nitrogens with one attached hydrogen (secondary N) is 1. The fraction of sp³-hybridized carbons (Fsp3) is 0.171. The number of carbonyl (C=O) groups is 1. The molecule has 0 fully saturated rings. The van der Waals surface area contributed by atoms with Crippen LogP contribution in [0.4, 0.5) is 5.69 Å². The molecule has 5 aromatic carbocycles. The molecule has 7 heteroatoms. The average molecular weight is 651 g/mol. The number of ether oxygens (including phenoxy) is 2. The van der Waals surface area contributed by atoms with Crippen LogP contribution in [-0.4, -0.2) is 22.3 Å². The maximum Gasteiger partial charge on any atom is 0.290 e. The minimum atomic E-state index is -0.622. The monoisotopic (exact) mass is 650 g/mol. The third-order valence-electron chi connectivity index (χ3n) is 9.14. The molecule has 1 aromatic heterocycles. The van der Waals surface area contributed by atoms with E-state index in [2.05, 4.69) is 72.9 Å². The molecule has 2 N–H and O–H groups in total. The first-order valence-electron chi connectivity index (χ1n) is 16.2. The summed E-state index contributed by atoms with van der Waals surface area (Å²) >= 11 is 1.66. The fourth-order valence-corrected chi connectivity index (χ4v) is 7.71. The van der Waals surface area contributed by atoms with Gasteiger partial charge in [-0.25, -0.2) is 4.98 Å². The van der Waals surface area contributed by atoms with Gasteiger partial charge in [-0.3, -0.25) is 4.79 Å². The smallest absolute Gasteiger partial charge is 0.290 e. The number of nitrogens with zero attached hydrogens (tertiary/aromatic N) is 1. The second-order valence-electron chi connectivity index (χ2n) is 12.4. The zero-order valence-corrected chi connectivity index (χ0v) is 27.3. The number of aromatic nitrogens is 1. The summed E-state index contributed by atoms with van der Waals surface area (Å²) in [5.74, 6) is -0.152. The molecule has 6 aromatic rings. The molecular weight excluding hydrogens is 617 g/mol. The molecule has 8 rings (SSSR count). The number of thiazole rings is 1. The van der Waals surface area contributed by atoms with Gasteiger partial charge in [0.1, 0.15) is 5.01 Å². The van der Waals surface area contributed by atoms with Crippen molar-refractivity contribution in [2.24, 2.45) is 0 Å². The number of hydrogen-bond donors (Lipinski definition) is 2. The first kappa shape index (κ1) is 30.3. The molecule has 48 heavy (non-hydrogen) atoms. The predicted octanol–water partition coefficient (Wildman–Crippen LogP) is 8.90. The summed E-state index contributed by atoms with van der Waals surface area (Å²) in [4.78, 5) is 18.6. The number of hydrogen-bond acceptors (Lipinski definition) is 6. The minimum absolute atomic E-state index is 0.00644. The van der Waals surface area contributed by atoms with E-state index in [4.69, 9.17) is 14.5 Å². The molecule has 0 saturated heterocycles. The molecular formula is C41H34N2O4S. The Kier molecular flexibility index (Phi) is 8.10. The van der Waals surface area contributed by atoms with Crippen LogP contribution in [0.2, 0.25) is 0 Å². The summed E-state index contributed by atoms with van der Waals surface area (Å²) in [6, 6.07) is 36.7. The van der Waals surface area contributed by atoms with Crippen LogP contribution in [0.25, 0.3) is 31.9 Å². The van der Waals surface area contributed by atoms with E-state index in [1.807, 2.05) is 54.6 Å². The van der Waals surface area contributed by atoms with Crippen molar-refractivity contribution in [1.82, 2.24) is 4.98 Å². The number of aliphatic hydroxyl groups is 1. The second kappa shape index (κ2) is 12.8. The Hall–Kier alpha value is -5.08. The number of amides is 1. The van der Waals surface area contributed by atoms with Gasteiger partial charge in [-0.15, -0.1) is 11.3 Å². The molecule has 0 radical (unpaired) electrons. The lowest BCUT2D eigenvalue weighted by Crippen LogP contribution is -2.29. The molecule has 238 valence electrons. The lowest BCUT2D eigenvalue weighted by atomic mass is 9.87. The van der Waals surface area contributed by atoms with E-state index < -0.39 is 6.29 Å². The van der Waals surface area contributed by atoms with Crippen LogP contribution in [0, 0.1) is 6.92 Å². The van der Waals surface area contributed by atoms with Crippen LogP contribution in [0.1, 0.15) is 45.7 Å². The second-order valence-corrected chi connectivity index (χ2v) is 13.5. The topological polar surface area (TPSA) is 80.7 Å². The third kappa shape index (κ3) is 6.04. The highest BCUT2D eigenvalue weighted by Crippen LogP contribution is 2.43. The molecule has 0 spiro atoms. The van der Waals surface area contributed by atoms with E-state index in [1.54, 1.807) is 11.3 Å². The van der Waals surface area contributed by atoms with Crippen molar-refractivity contribution in [2.75, 3.05) is 5.32 Å². The van der Waals surface area contributed by atoms with Gasteiger partial charge in [0.05, 0.1) is 23.4 Å². The van der Waals surface area contributed by atoms with Crippen molar-refractivity contribution in [3.05, 3.63) is 154 Å². The van der Waals surface area contributed by atoms with Crippen LogP contribution in [-0.2, 0) is 33.9 Å². The molecule has 0 saturated carbocycles. The highest BCUT2D eigenvalue weighted by atomic mass is 32.1. The molecule has 1 aliphatic heterocycles. The van der Waals surface area contributed by atoms with Gasteiger partial charge in [0, 0.05) is 23.6 Å². The fourth-order valence-electron chi connectivity index (χ4n) is 6.64. The Morgan fingerprint density at radius 1 is 0.938 bits per heavy atom. The summed E-state index contributed by atoms with van der Waals surface area (Å²) in [6.45, 7) is 2.40. The SMILES string of the molecule is Cc1ccc2nc(-c3ccc(NC(=O)C4=CC(c5cccc6c5Cc5ccccc5-6)CC(OCc5ccc(CO)cc5)O4)cc3)sc2c1. The van der Waals surface area contributed by atoms with Crippen molar-refractivity contribution in [2.45, 2.75) is 45.2 Å². The first-order valence-corrected chi connectivity index (χ1v) is 17.0. The average Bonchev–Trinajstić information content (AvgIpc) is 3.72. The molecule has 1 aliphatic carbocycles. The summed E-state index contributed by atoms with van der Waals surface area (Å²) < 4.78 is 13.7. The lowest BCUT2D eigenvalue weighted by Gasteiger charge is -2.30. The number of benzene rings is 5. The zero-order valence-electron chi connectivity index (χ0n) is 26.5. The number of carbonyl (C=O) groups excluding carboxylic acids is 1. The third-order valence-corrected chi connectivity index (χ3v) is 10.2. The van der Waals surface area contributed by atoms with Crippen LogP contribution in [0.15, 0.2) is 121 Å². The van der Waals surface area contributed by atoms with Crippen molar-refractivity contribution < 1.29 is 19.4 Å². The van der Waals surface area contributed by atoms with E-state index in [-0.39, 0.29) is 24.2 Å². The standard InChI is InChI=1S/C41H34N2O4S/c1-25-9-18-36-38(19-25)48-41(43-36)28-14-16-31(17-15-28)42-40(45)37-21-30(22-39(47-37)46-24-27-12-10-26(23-44)11-13-27)33-7-4-8-34-32-6-3-2-5-29(32)20-35(33)34/h2-19,21,30,39,44H,20,22-24H2,1H3,(H,42,45). The lowest BCUT2D eigenvalue weighted by molar-refractivity contribution is -0.147. The number of rotatable bonds is 8. The Morgan fingerprint density at radius 3 is 2.56 bits per heavy atom. The Balaban J connectivity index is 1.04. The molecule has 2 atom stereocenters. The molecule has 2 aliphatic rings. The van der Waals surface area contributed by atoms with E-state index in [9.17, 15) is 9.90 Å². The first-order chi connectivity index (χ1) is 23.5. The minimum Gasteiger partial charge on any atom is -0.459 e. The number of allylic oxidation sites excluding steroid dienone is 1. The van der Waals surface area contributed by atoms with Gasteiger partial charge in [0.2, 0.25) is 6.29 Å². The van der Waals surface area contributed by atoms with Gasteiger partial charge in [-0.2, -0.15) is 0 Å². The van der Waals surface area contributed by atoms with E-state index in [1.165, 1.54) is 33.4 Å². The highest BCUT2D eigenvalue weighted by Gasteiger charge is 2.32. The molecule has 2 unspecified atom stereocenters. The maximum atomic E-state index is 13.8. The number of aliphatic hydroxyl groups excluding tert-OH is 1. The van der Waals surface area contributed by atoms with Gasteiger partial charge >= 0.3 is 0 Å².